The molecule has 2 rings (SSSR count). The standard InChI is InChI=1S/C16H19N3O5.C2H6.CH3.Y/c1-10(9-12(20)21)17-14(23)16(7-8-16)15(24)19-18-13(22)11-5-3-2-4-6-11;1-2;;/h2-6,10H,7-9H2,1H3,(H,17,23)(H,18,22)(H,19,24)(H,20,21);1-2H3;1H3;/q;;-1;/t10-;;;/m1.../s1. The number of amides is 3. The normalized spacial score (nSPS) is 13.7. The van der Waals surface area contributed by atoms with Crippen LogP contribution in [-0.2, 0) is 47.1 Å². The van der Waals surface area contributed by atoms with Gasteiger partial charge < -0.3 is 17.8 Å². The van der Waals surface area contributed by atoms with E-state index in [4.69, 9.17) is 5.11 Å². The van der Waals surface area contributed by atoms with Crippen LogP contribution in [-0.4, -0.2) is 34.8 Å². The Morgan fingerprint density at radius 2 is 1.57 bits per heavy atom. The fraction of sp³-hybridized carbons (Fsp3) is 0.421. The van der Waals surface area contributed by atoms with E-state index >= 15 is 0 Å². The van der Waals surface area contributed by atoms with Gasteiger partial charge in [-0.25, -0.2) is 0 Å². The van der Waals surface area contributed by atoms with Crippen LogP contribution in [0.2, 0.25) is 0 Å². The van der Waals surface area contributed by atoms with E-state index in [-0.39, 0.29) is 46.6 Å². The van der Waals surface area contributed by atoms with Crippen molar-refractivity contribution in [2.45, 2.75) is 46.1 Å². The third-order valence-corrected chi connectivity index (χ3v) is 3.80. The van der Waals surface area contributed by atoms with Crippen molar-refractivity contribution in [3.63, 3.8) is 0 Å². The summed E-state index contributed by atoms with van der Waals surface area (Å²) >= 11 is 0. The van der Waals surface area contributed by atoms with E-state index in [0.29, 0.717) is 18.4 Å². The van der Waals surface area contributed by atoms with Crippen molar-refractivity contribution in [3.05, 3.63) is 43.3 Å². The third kappa shape index (κ3) is 8.06. The molecule has 0 aromatic heterocycles. The maximum Gasteiger partial charge on any atom is 0.305 e. The largest absolute Gasteiger partial charge is 0.481 e. The van der Waals surface area contributed by atoms with Crippen LogP contribution in [0.15, 0.2) is 30.3 Å². The number of aliphatic carboxylic acids is 1. The van der Waals surface area contributed by atoms with Crippen LogP contribution in [0, 0.1) is 12.8 Å². The van der Waals surface area contributed by atoms with Crippen molar-refractivity contribution in [2.24, 2.45) is 5.41 Å². The number of benzene rings is 1. The van der Waals surface area contributed by atoms with Gasteiger partial charge in [0.2, 0.25) is 5.91 Å². The van der Waals surface area contributed by atoms with Gasteiger partial charge in [0.05, 0.1) is 6.42 Å². The van der Waals surface area contributed by atoms with Gasteiger partial charge >= 0.3 is 5.97 Å². The van der Waals surface area contributed by atoms with Crippen LogP contribution in [0.4, 0.5) is 0 Å². The molecule has 1 aromatic rings. The predicted octanol–water partition coefficient (Wildman–Crippen LogP) is 1.68. The van der Waals surface area contributed by atoms with Gasteiger partial charge in [0.1, 0.15) is 5.41 Å². The second-order valence-corrected chi connectivity index (χ2v) is 5.83. The zero-order valence-electron chi connectivity index (χ0n) is 16.7. The summed E-state index contributed by atoms with van der Waals surface area (Å²) in [4.78, 5) is 46.9. The molecule has 8 nitrogen and oxygen atoms in total. The molecule has 28 heavy (non-hydrogen) atoms. The molecule has 0 aliphatic heterocycles. The molecule has 0 unspecified atom stereocenters. The Hall–Kier alpha value is -1.80. The van der Waals surface area contributed by atoms with E-state index in [1.807, 2.05) is 13.8 Å². The van der Waals surface area contributed by atoms with E-state index in [2.05, 4.69) is 16.2 Å². The van der Waals surface area contributed by atoms with E-state index in [9.17, 15) is 19.2 Å². The number of carboxylic acid groups (broad SMARTS) is 1. The fourth-order valence-corrected chi connectivity index (χ4v) is 2.25. The molecule has 0 bridgehead atoms. The Morgan fingerprint density at radius 1 is 1.04 bits per heavy atom. The first-order valence-corrected chi connectivity index (χ1v) is 8.54. The van der Waals surface area contributed by atoms with Gasteiger partial charge in [-0.15, -0.1) is 0 Å². The number of carboxylic acids is 1. The number of carbonyl (C=O) groups excluding carboxylic acids is 3. The molecule has 1 aliphatic carbocycles. The second kappa shape index (κ2) is 13.4. The Kier molecular flexibility index (Phi) is 13.6. The molecule has 153 valence electrons. The Morgan fingerprint density at radius 3 is 2.04 bits per heavy atom. The summed E-state index contributed by atoms with van der Waals surface area (Å²) in [7, 11) is 0. The molecule has 0 spiro atoms. The molecular formula is C19H28N3O5Y-. The molecule has 0 heterocycles. The summed E-state index contributed by atoms with van der Waals surface area (Å²) in [6, 6.07) is 7.74. The number of carbonyl (C=O) groups is 4. The first-order chi connectivity index (χ1) is 12.3. The molecule has 1 fully saturated rings. The van der Waals surface area contributed by atoms with Gasteiger partial charge in [0, 0.05) is 44.3 Å². The van der Waals surface area contributed by atoms with Crippen molar-refractivity contribution in [1.29, 1.82) is 0 Å². The number of rotatable bonds is 6. The van der Waals surface area contributed by atoms with Crippen LogP contribution >= 0.6 is 0 Å². The van der Waals surface area contributed by atoms with Gasteiger partial charge in [-0.2, -0.15) is 0 Å². The monoisotopic (exact) mass is 467 g/mol. The smallest absolute Gasteiger partial charge is 0.305 e. The van der Waals surface area contributed by atoms with Crippen molar-refractivity contribution >= 4 is 23.7 Å². The minimum atomic E-state index is -1.24. The van der Waals surface area contributed by atoms with Crippen LogP contribution in [0.1, 0.15) is 50.4 Å². The summed E-state index contributed by atoms with van der Waals surface area (Å²) in [5.41, 5.74) is 3.67. The van der Waals surface area contributed by atoms with Crippen molar-refractivity contribution in [1.82, 2.24) is 16.2 Å². The summed E-state index contributed by atoms with van der Waals surface area (Å²) < 4.78 is 0. The van der Waals surface area contributed by atoms with Crippen molar-refractivity contribution in [2.75, 3.05) is 0 Å². The van der Waals surface area contributed by atoms with Crippen LogP contribution in [0.5, 0.6) is 0 Å². The van der Waals surface area contributed by atoms with E-state index < -0.39 is 35.1 Å². The van der Waals surface area contributed by atoms with Gasteiger partial charge in [0.25, 0.3) is 11.8 Å². The van der Waals surface area contributed by atoms with Gasteiger partial charge in [0.15, 0.2) is 0 Å². The molecule has 3 amide bonds. The molecule has 1 aromatic carbocycles. The minimum absolute atomic E-state index is 0. The summed E-state index contributed by atoms with van der Waals surface area (Å²) in [6.07, 6.45) is 0.478. The summed E-state index contributed by atoms with van der Waals surface area (Å²) in [5, 5.41) is 11.2. The molecule has 4 N–H and O–H groups in total. The zero-order chi connectivity index (χ0) is 19.7. The molecule has 1 saturated carbocycles. The van der Waals surface area contributed by atoms with Crippen LogP contribution < -0.4 is 16.2 Å². The Labute approximate surface area is 191 Å². The predicted molar refractivity (Wildman–Crippen MR) is 101 cm³/mol. The quantitative estimate of drug-likeness (QED) is 0.288. The van der Waals surface area contributed by atoms with Crippen molar-refractivity contribution < 1.29 is 57.0 Å². The molecule has 1 aliphatic rings. The number of nitrogens with one attached hydrogen (secondary N) is 3. The Balaban J connectivity index is 0. The maximum absolute atomic E-state index is 12.2. The van der Waals surface area contributed by atoms with Gasteiger partial charge in [-0.05, 0) is 31.9 Å². The number of hydrogen-bond donors (Lipinski definition) is 4. The Bertz CT molecular complexity index is 663. The van der Waals surface area contributed by atoms with Gasteiger partial charge in [-0.1, -0.05) is 32.0 Å². The summed E-state index contributed by atoms with van der Waals surface area (Å²) in [6.45, 7) is 5.55. The van der Waals surface area contributed by atoms with E-state index in [0.717, 1.165) is 0 Å². The third-order valence-electron chi connectivity index (χ3n) is 3.80. The summed E-state index contributed by atoms with van der Waals surface area (Å²) in [5.74, 6) is -2.65. The average molecular weight is 467 g/mol. The van der Waals surface area contributed by atoms with E-state index in [1.165, 1.54) is 0 Å². The number of hydrogen-bond acceptors (Lipinski definition) is 4. The average Bonchev–Trinajstić information content (AvgIpc) is 3.43. The molecule has 0 saturated heterocycles. The minimum Gasteiger partial charge on any atom is -0.481 e. The van der Waals surface area contributed by atoms with Crippen LogP contribution in [0.25, 0.3) is 0 Å². The topological polar surface area (TPSA) is 125 Å². The molecule has 1 atom stereocenters. The number of hydrazine groups is 1. The second-order valence-electron chi connectivity index (χ2n) is 5.83. The first-order valence-electron chi connectivity index (χ1n) is 8.54. The maximum atomic E-state index is 12.2. The fourth-order valence-electron chi connectivity index (χ4n) is 2.25. The molecule has 9 heteroatoms. The van der Waals surface area contributed by atoms with Crippen molar-refractivity contribution in [3.8, 4) is 0 Å². The zero-order valence-corrected chi connectivity index (χ0v) is 19.6. The molecular weight excluding hydrogens is 439 g/mol. The SMILES string of the molecule is CC.C[C@H](CC(=O)O)NC(=O)C1(C(=O)NNC(=O)c2ccccc2)CC1.[CH3-].[Y]. The van der Waals surface area contributed by atoms with E-state index in [1.54, 1.807) is 37.3 Å². The first kappa shape index (κ1) is 28.4. The molecule has 1 radical (unpaired) electrons. The van der Waals surface area contributed by atoms with Gasteiger partial charge in [-0.3, -0.25) is 30.0 Å². The van der Waals surface area contributed by atoms with Crippen LogP contribution in [0.3, 0.4) is 0 Å².